The molecular weight excluding hydrogens is 995 g/mol. The summed E-state index contributed by atoms with van der Waals surface area (Å²) in [5, 5.41) is 56.3. The number of nitrogens with two attached hydrogens (primary N) is 3. The highest BCUT2D eigenvalue weighted by atomic mass is 16.4. The molecule has 0 spiro atoms. The van der Waals surface area contributed by atoms with Crippen LogP contribution in [0.4, 0.5) is 0 Å². The first-order valence-electron chi connectivity index (χ1n) is 25.3. The Morgan fingerprint density at radius 3 is 1.67 bits per heavy atom. The predicted octanol–water partition coefficient (Wildman–Crippen LogP) is -5.57. The monoisotopic (exact) mass is 1070 g/mol. The molecule has 2 aromatic rings. The van der Waals surface area contributed by atoms with Gasteiger partial charge in [0.05, 0.1) is 18.8 Å². The van der Waals surface area contributed by atoms with Crippen LogP contribution in [-0.2, 0) is 56.0 Å². The van der Waals surface area contributed by atoms with E-state index in [1.54, 1.807) is 57.2 Å². The number of carbonyl (C=O) groups is 10. The van der Waals surface area contributed by atoms with Crippen LogP contribution < -0.4 is 70.4 Å². The maximum absolute atomic E-state index is 14.3. The van der Waals surface area contributed by atoms with Gasteiger partial charge in [0.25, 0.3) is 5.91 Å². The fraction of sp³-hybridized carbons (Fsp3) is 0.592. The lowest BCUT2D eigenvalue weighted by Gasteiger charge is -2.28. The number of nitrogens with one attached hydrogen (secondary N) is 10. The van der Waals surface area contributed by atoms with Crippen LogP contribution in [0.3, 0.4) is 0 Å². The van der Waals surface area contributed by atoms with Crippen LogP contribution >= 0.6 is 0 Å². The number of benzene rings is 1. The Hall–Kier alpha value is -7.04. The molecule has 3 rings (SSSR count). The van der Waals surface area contributed by atoms with E-state index in [1.165, 1.54) is 19.9 Å². The van der Waals surface area contributed by atoms with E-state index in [0.29, 0.717) is 17.7 Å². The summed E-state index contributed by atoms with van der Waals surface area (Å²) < 4.78 is 5.43. The molecule has 1 aliphatic heterocycles. The van der Waals surface area contributed by atoms with Crippen molar-refractivity contribution in [2.45, 2.75) is 146 Å². The van der Waals surface area contributed by atoms with Crippen molar-refractivity contribution < 1.29 is 67.7 Å². The van der Waals surface area contributed by atoms with Crippen molar-refractivity contribution in [2.75, 3.05) is 32.8 Å². The van der Waals surface area contributed by atoms with Gasteiger partial charge >= 0.3 is 0 Å². The first-order valence-corrected chi connectivity index (χ1v) is 25.3. The lowest BCUT2D eigenvalue weighted by Crippen LogP contribution is -2.61. The number of carbonyl (C=O) groups excluding carboxylic acids is 10. The maximum Gasteiger partial charge on any atom is 0.287 e. The first kappa shape index (κ1) is 63.3. The minimum Gasteiger partial charge on any atom is -0.456 e. The van der Waals surface area contributed by atoms with Gasteiger partial charge in [-0.1, -0.05) is 51.1 Å². The van der Waals surface area contributed by atoms with Crippen LogP contribution in [0.15, 0.2) is 46.9 Å². The zero-order valence-electron chi connectivity index (χ0n) is 43.5. The molecule has 10 amide bonds. The van der Waals surface area contributed by atoms with Gasteiger partial charge in [-0.25, -0.2) is 0 Å². The van der Waals surface area contributed by atoms with Crippen molar-refractivity contribution in [2.24, 2.45) is 23.1 Å². The number of hydrogen-bond acceptors (Lipinski definition) is 17. The van der Waals surface area contributed by atoms with Crippen molar-refractivity contribution in [3.05, 3.63) is 59.5 Å². The SMILES string of the molecule is CCc1ccc(C(=O)N[C@H](C(=O)N[C@H](CO)C(=O)N[C@H]2CCNC(=O)[C@H]([C@@H](C)O)NC(=O)[C@H](CCN)NC(=O)[C@H](CCN)NC(=O)[C@H](CC(C)C)NC(=O)[C@@H](Cc3ccccc3)NC(=O)[C@H](CCN)NC2=O)[C@@H](C)O)o1. The van der Waals surface area contributed by atoms with Gasteiger partial charge < -0.3 is 90.1 Å². The van der Waals surface area contributed by atoms with E-state index < -0.39 is 145 Å². The van der Waals surface area contributed by atoms with Gasteiger partial charge in [-0.3, -0.25) is 47.9 Å². The normalized spacial score (nSPS) is 23.4. The third kappa shape index (κ3) is 19.9. The van der Waals surface area contributed by atoms with Gasteiger partial charge in [0.15, 0.2) is 5.76 Å². The van der Waals surface area contributed by atoms with Gasteiger partial charge in [-0.2, -0.15) is 0 Å². The Bertz CT molecular complexity index is 2280. The molecule has 0 saturated carbocycles. The number of aliphatic hydroxyl groups excluding tert-OH is 3. The summed E-state index contributed by atoms with van der Waals surface area (Å²) in [7, 11) is 0. The van der Waals surface area contributed by atoms with E-state index in [4.69, 9.17) is 21.6 Å². The van der Waals surface area contributed by atoms with Crippen LogP contribution in [0.2, 0.25) is 0 Å². The van der Waals surface area contributed by atoms with Gasteiger partial charge in [0, 0.05) is 19.4 Å². The van der Waals surface area contributed by atoms with Crippen molar-refractivity contribution in [1.29, 1.82) is 0 Å². The molecule has 19 N–H and O–H groups in total. The Morgan fingerprint density at radius 2 is 1.17 bits per heavy atom. The molecule has 76 heavy (non-hydrogen) atoms. The van der Waals surface area contributed by atoms with Crippen LogP contribution in [0.25, 0.3) is 0 Å². The molecule has 1 aromatic heterocycles. The third-order valence-electron chi connectivity index (χ3n) is 12.0. The zero-order valence-corrected chi connectivity index (χ0v) is 43.5. The minimum absolute atomic E-state index is 0.0463. The molecule has 2 heterocycles. The van der Waals surface area contributed by atoms with Crippen LogP contribution in [0.1, 0.15) is 88.6 Å². The van der Waals surface area contributed by atoms with Crippen LogP contribution in [0.5, 0.6) is 0 Å². The molecule has 0 bridgehead atoms. The van der Waals surface area contributed by atoms with Crippen molar-refractivity contribution in [1.82, 2.24) is 53.2 Å². The number of furan rings is 1. The largest absolute Gasteiger partial charge is 0.456 e. The molecule has 1 fully saturated rings. The molecule has 0 radical (unpaired) electrons. The van der Waals surface area contributed by atoms with Crippen LogP contribution in [0, 0.1) is 5.92 Å². The predicted molar refractivity (Wildman–Crippen MR) is 273 cm³/mol. The molecular formula is C49H77N13O14. The van der Waals surface area contributed by atoms with Gasteiger partial charge in [0.2, 0.25) is 53.2 Å². The summed E-state index contributed by atoms with van der Waals surface area (Å²) in [4.78, 5) is 138. The number of aryl methyl sites for hydroxylation is 1. The first-order chi connectivity index (χ1) is 36.1. The van der Waals surface area contributed by atoms with E-state index in [1.807, 2.05) is 0 Å². The molecule has 0 unspecified atom stereocenters. The summed E-state index contributed by atoms with van der Waals surface area (Å²) in [6.07, 6.45) is -3.76. The standard InChI is InChI=1S/C49H77N13O14/c1-6-29-12-13-37(76-29)47(73)62-39(27(5)65)49(75)60-36(24-63)46(72)57-33-17-21-53-48(74)38(26(4)64)61-43(69)32(16-20-52)55-40(66)30(14-18-50)56-44(70)34(22-25(2)3)58-45(71)35(23-28-10-8-7-9-11-28)59-41(67)31(15-19-51)54-42(33)68/h7-13,25-27,30-36,38-39,63-65H,6,14-24,50-52H2,1-5H3,(H,53,74)(H,54,68)(H,55,66)(H,56,70)(H,57,72)(H,58,71)(H,59,67)(H,60,75)(H,61,69)(H,62,73)/t26-,27-,30+,31+,32+,33+,34+,35-,36-,38+,39+/m1/s1. The third-order valence-corrected chi connectivity index (χ3v) is 12.0. The fourth-order valence-electron chi connectivity index (χ4n) is 7.84. The smallest absolute Gasteiger partial charge is 0.287 e. The van der Waals surface area contributed by atoms with E-state index >= 15 is 0 Å². The second-order valence-corrected chi connectivity index (χ2v) is 18.8. The van der Waals surface area contributed by atoms with E-state index in [0.717, 1.165) is 0 Å². The highest BCUT2D eigenvalue weighted by Crippen LogP contribution is 2.12. The Morgan fingerprint density at radius 1 is 0.658 bits per heavy atom. The molecule has 1 saturated heterocycles. The number of aliphatic hydroxyl groups is 3. The van der Waals surface area contributed by atoms with Gasteiger partial charge in [-0.05, 0) is 89.2 Å². The van der Waals surface area contributed by atoms with Crippen molar-refractivity contribution in [3.8, 4) is 0 Å². The lowest BCUT2D eigenvalue weighted by atomic mass is 10.00. The Kier molecular flexibility index (Phi) is 26.4. The summed E-state index contributed by atoms with van der Waals surface area (Å²) >= 11 is 0. The van der Waals surface area contributed by atoms with Crippen molar-refractivity contribution >= 4 is 59.1 Å². The molecule has 27 nitrogen and oxygen atoms in total. The molecule has 1 aromatic carbocycles. The number of rotatable bonds is 20. The Balaban J connectivity index is 2.09. The molecule has 422 valence electrons. The quantitative estimate of drug-likeness (QED) is 0.0588. The number of hydrogen-bond donors (Lipinski definition) is 16. The summed E-state index contributed by atoms with van der Waals surface area (Å²) in [5.41, 5.74) is 18.1. The van der Waals surface area contributed by atoms with Gasteiger partial charge in [0.1, 0.15) is 60.1 Å². The Labute approximate surface area is 440 Å². The second-order valence-electron chi connectivity index (χ2n) is 18.8. The summed E-state index contributed by atoms with van der Waals surface area (Å²) in [6, 6.07) is -2.48. The summed E-state index contributed by atoms with van der Waals surface area (Å²) in [6.45, 7) is 5.69. The van der Waals surface area contributed by atoms with Crippen molar-refractivity contribution in [3.63, 3.8) is 0 Å². The highest BCUT2D eigenvalue weighted by molar-refractivity contribution is 5.99. The van der Waals surface area contributed by atoms with Crippen LogP contribution in [-0.4, -0.2) is 174 Å². The fourth-order valence-corrected chi connectivity index (χ4v) is 7.84. The topological polar surface area (TPSA) is 443 Å². The average molecular weight is 1070 g/mol. The lowest BCUT2D eigenvalue weighted by molar-refractivity contribution is -0.136. The maximum atomic E-state index is 14.3. The van der Waals surface area contributed by atoms with E-state index in [-0.39, 0.29) is 63.4 Å². The summed E-state index contributed by atoms with van der Waals surface area (Å²) in [5.74, 6) is -9.57. The van der Waals surface area contributed by atoms with Gasteiger partial charge in [-0.15, -0.1) is 0 Å². The average Bonchev–Trinajstić information content (AvgIpc) is 3.87. The minimum atomic E-state index is -1.84. The van der Waals surface area contributed by atoms with E-state index in [2.05, 4.69) is 53.2 Å². The highest BCUT2D eigenvalue weighted by Gasteiger charge is 2.37. The molecule has 11 atom stereocenters. The molecule has 0 aliphatic carbocycles. The second kappa shape index (κ2) is 31.8. The molecule has 1 aliphatic rings. The van der Waals surface area contributed by atoms with E-state index in [9.17, 15) is 63.3 Å². The molecule has 27 heteroatoms. The number of amides is 10. The zero-order chi connectivity index (χ0) is 56.6.